The zero-order chi connectivity index (χ0) is 9.90. The predicted octanol–water partition coefficient (Wildman–Crippen LogP) is 1.59. The molecule has 0 saturated heterocycles. The van der Waals surface area contributed by atoms with E-state index >= 15 is 0 Å². The molecule has 13 heavy (non-hydrogen) atoms. The molecular formula is C10H14ClNO. The van der Waals surface area contributed by atoms with Crippen molar-refractivity contribution in [3.63, 3.8) is 0 Å². The summed E-state index contributed by atoms with van der Waals surface area (Å²) in [7, 11) is 0. The molecule has 0 bridgehead atoms. The topological polar surface area (TPSA) is 46.2 Å². The molecule has 2 nitrogen and oxygen atoms in total. The molecule has 1 aromatic carbocycles. The van der Waals surface area contributed by atoms with Crippen molar-refractivity contribution in [2.24, 2.45) is 5.73 Å². The summed E-state index contributed by atoms with van der Waals surface area (Å²) >= 11 is 5.74. The number of benzene rings is 1. The lowest BCUT2D eigenvalue weighted by molar-refractivity contribution is 0.208. The molecule has 0 aliphatic carbocycles. The van der Waals surface area contributed by atoms with E-state index in [1.54, 1.807) is 0 Å². The van der Waals surface area contributed by atoms with Crippen molar-refractivity contribution < 1.29 is 5.11 Å². The summed E-state index contributed by atoms with van der Waals surface area (Å²) in [6, 6.07) is 7.49. The second-order valence-electron chi connectivity index (χ2n) is 3.62. The van der Waals surface area contributed by atoms with E-state index in [1.165, 1.54) is 0 Å². The lowest BCUT2D eigenvalue weighted by Crippen LogP contribution is -2.42. The fourth-order valence-corrected chi connectivity index (χ4v) is 1.25. The van der Waals surface area contributed by atoms with Gasteiger partial charge in [0, 0.05) is 10.6 Å². The van der Waals surface area contributed by atoms with Crippen LogP contribution in [0.1, 0.15) is 12.5 Å². The van der Waals surface area contributed by atoms with Crippen LogP contribution in [0.15, 0.2) is 24.3 Å². The number of halogens is 1. The number of hydrogen-bond donors (Lipinski definition) is 2. The lowest BCUT2D eigenvalue weighted by Gasteiger charge is -2.21. The Balaban J connectivity index is 2.69. The Morgan fingerprint density at radius 3 is 2.38 bits per heavy atom. The van der Waals surface area contributed by atoms with Gasteiger partial charge in [0.25, 0.3) is 0 Å². The quantitative estimate of drug-likeness (QED) is 0.777. The third-order valence-electron chi connectivity index (χ3n) is 1.88. The second kappa shape index (κ2) is 4.09. The van der Waals surface area contributed by atoms with Gasteiger partial charge in [0.05, 0.1) is 6.61 Å². The molecule has 3 heteroatoms. The van der Waals surface area contributed by atoms with Crippen molar-refractivity contribution in [2.45, 2.75) is 18.9 Å². The zero-order valence-corrected chi connectivity index (χ0v) is 8.38. The van der Waals surface area contributed by atoms with Gasteiger partial charge in [0.1, 0.15) is 0 Å². The van der Waals surface area contributed by atoms with Gasteiger partial charge in [0.15, 0.2) is 0 Å². The van der Waals surface area contributed by atoms with Crippen LogP contribution in [-0.2, 0) is 6.42 Å². The van der Waals surface area contributed by atoms with Gasteiger partial charge in [-0.25, -0.2) is 0 Å². The van der Waals surface area contributed by atoms with Crippen molar-refractivity contribution in [2.75, 3.05) is 6.61 Å². The van der Waals surface area contributed by atoms with Crippen LogP contribution in [0.5, 0.6) is 0 Å². The van der Waals surface area contributed by atoms with Gasteiger partial charge in [-0.1, -0.05) is 23.7 Å². The second-order valence-corrected chi connectivity index (χ2v) is 4.05. The van der Waals surface area contributed by atoms with Crippen molar-refractivity contribution >= 4 is 11.6 Å². The summed E-state index contributed by atoms with van der Waals surface area (Å²) in [6.45, 7) is 1.80. The average Bonchev–Trinajstić information content (AvgIpc) is 2.09. The Bertz CT molecular complexity index is 269. The largest absolute Gasteiger partial charge is 0.394 e. The van der Waals surface area contributed by atoms with E-state index in [0.717, 1.165) is 5.56 Å². The Labute approximate surface area is 83.3 Å². The minimum Gasteiger partial charge on any atom is -0.394 e. The maximum absolute atomic E-state index is 8.96. The van der Waals surface area contributed by atoms with Crippen molar-refractivity contribution in [3.05, 3.63) is 34.9 Å². The van der Waals surface area contributed by atoms with E-state index in [0.29, 0.717) is 11.4 Å². The van der Waals surface area contributed by atoms with E-state index in [2.05, 4.69) is 0 Å². The highest BCUT2D eigenvalue weighted by atomic mass is 35.5. The van der Waals surface area contributed by atoms with Crippen molar-refractivity contribution in [3.8, 4) is 0 Å². The summed E-state index contributed by atoms with van der Waals surface area (Å²) in [4.78, 5) is 0. The van der Waals surface area contributed by atoms with Crippen molar-refractivity contribution in [1.82, 2.24) is 0 Å². The first kappa shape index (κ1) is 10.5. The molecular weight excluding hydrogens is 186 g/mol. The van der Waals surface area contributed by atoms with Crippen molar-refractivity contribution in [1.29, 1.82) is 0 Å². The molecule has 0 fully saturated rings. The number of rotatable bonds is 3. The average molecular weight is 200 g/mol. The van der Waals surface area contributed by atoms with Gasteiger partial charge in [-0.15, -0.1) is 0 Å². The Morgan fingerprint density at radius 1 is 1.38 bits per heavy atom. The molecule has 1 aromatic rings. The molecule has 1 rings (SSSR count). The maximum Gasteiger partial charge on any atom is 0.0611 e. The standard InChI is InChI=1S/C10H14ClNO/c1-10(12,7-13)6-8-2-4-9(11)5-3-8/h2-5,13H,6-7,12H2,1H3/t10-/m1/s1. The van der Waals surface area contributed by atoms with E-state index in [9.17, 15) is 0 Å². The van der Waals surface area contributed by atoms with Crippen LogP contribution in [0.25, 0.3) is 0 Å². The molecule has 0 spiro atoms. The number of hydrogen-bond acceptors (Lipinski definition) is 2. The van der Waals surface area contributed by atoms with Crippen LogP contribution in [0.2, 0.25) is 5.02 Å². The number of nitrogens with two attached hydrogens (primary N) is 1. The third-order valence-corrected chi connectivity index (χ3v) is 2.13. The first-order valence-electron chi connectivity index (χ1n) is 4.18. The number of aliphatic hydroxyl groups excluding tert-OH is 1. The molecule has 0 aliphatic rings. The molecule has 0 amide bonds. The summed E-state index contributed by atoms with van der Waals surface area (Å²) in [5.74, 6) is 0. The minimum absolute atomic E-state index is 0.0182. The fraction of sp³-hybridized carbons (Fsp3) is 0.400. The van der Waals surface area contributed by atoms with Crippen LogP contribution in [0, 0.1) is 0 Å². The number of aliphatic hydroxyl groups is 1. The summed E-state index contributed by atoms with van der Waals surface area (Å²) in [5.41, 5.74) is 6.34. The van der Waals surface area contributed by atoms with Crippen LogP contribution < -0.4 is 5.73 Å². The van der Waals surface area contributed by atoms with Gasteiger partial charge in [-0.2, -0.15) is 0 Å². The highest BCUT2D eigenvalue weighted by molar-refractivity contribution is 6.30. The highest BCUT2D eigenvalue weighted by Crippen LogP contribution is 2.13. The van der Waals surface area contributed by atoms with Gasteiger partial charge >= 0.3 is 0 Å². The Hall–Kier alpha value is -0.570. The molecule has 0 heterocycles. The molecule has 0 aromatic heterocycles. The lowest BCUT2D eigenvalue weighted by atomic mass is 9.95. The molecule has 72 valence electrons. The van der Waals surface area contributed by atoms with Crippen LogP contribution in [0.4, 0.5) is 0 Å². The SMILES string of the molecule is C[C@](N)(CO)Cc1ccc(Cl)cc1. The third kappa shape index (κ3) is 3.35. The Morgan fingerprint density at radius 2 is 1.92 bits per heavy atom. The molecule has 0 unspecified atom stereocenters. The molecule has 0 aliphatic heterocycles. The first-order valence-corrected chi connectivity index (χ1v) is 4.55. The van der Waals surface area contributed by atoms with E-state index in [1.807, 2.05) is 31.2 Å². The smallest absolute Gasteiger partial charge is 0.0611 e. The van der Waals surface area contributed by atoms with E-state index in [-0.39, 0.29) is 6.61 Å². The van der Waals surface area contributed by atoms with Gasteiger partial charge in [-0.3, -0.25) is 0 Å². The molecule has 1 atom stereocenters. The first-order chi connectivity index (χ1) is 6.03. The predicted molar refractivity (Wildman–Crippen MR) is 54.8 cm³/mol. The molecule has 0 saturated carbocycles. The summed E-state index contributed by atoms with van der Waals surface area (Å²) in [5, 5.41) is 9.67. The van der Waals surface area contributed by atoms with E-state index < -0.39 is 5.54 Å². The van der Waals surface area contributed by atoms with Gasteiger partial charge in [0.2, 0.25) is 0 Å². The van der Waals surface area contributed by atoms with Crippen LogP contribution >= 0.6 is 11.6 Å². The van der Waals surface area contributed by atoms with Gasteiger partial charge in [-0.05, 0) is 31.0 Å². The normalized spacial score (nSPS) is 15.4. The zero-order valence-electron chi connectivity index (χ0n) is 7.63. The van der Waals surface area contributed by atoms with E-state index in [4.69, 9.17) is 22.4 Å². The van der Waals surface area contributed by atoms with Crippen LogP contribution in [-0.4, -0.2) is 17.3 Å². The minimum atomic E-state index is -0.548. The fourth-order valence-electron chi connectivity index (χ4n) is 1.12. The summed E-state index contributed by atoms with van der Waals surface area (Å²) < 4.78 is 0. The van der Waals surface area contributed by atoms with Crippen LogP contribution in [0.3, 0.4) is 0 Å². The summed E-state index contributed by atoms with van der Waals surface area (Å²) in [6.07, 6.45) is 0.653. The highest BCUT2D eigenvalue weighted by Gasteiger charge is 2.17. The molecule has 3 N–H and O–H groups in total. The maximum atomic E-state index is 8.96. The Kier molecular flexibility index (Phi) is 3.31. The monoisotopic (exact) mass is 199 g/mol. The molecule has 0 radical (unpaired) electrons. The van der Waals surface area contributed by atoms with Gasteiger partial charge < -0.3 is 10.8 Å².